The highest BCUT2D eigenvalue weighted by molar-refractivity contribution is 6.30. The number of carbonyl (C=O) groups excluding carboxylic acids is 1. The zero-order valence-electron chi connectivity index (χ0n) is 10.7. The molecule has 1 heterocycles. The van der Waals surface area contributed by atoms with E-state index in [0.717, 1.165) is 31.6 Å². The maximum absolute atomic E-state index is 12.2. The molecule has 3 unspecified atom stereocenters. The SMILES string of the molecule is NC1CCC2CN(C(=O)Nc3cccc(Cl)c3)CC12. The summed E-state index contributed by atoms with van der Waals surface area (Å²) in [4.78, 5) is 14.1. The number of nitrogens with one attached hydrogen (secondary N) is 1. The molecule has 0 aromatic heterocycles. The number of nitrogens with zero attached hydrogens (tertiary/aromatic N) is 1. The Morgan fingerprint density at radius 1 is 1.37 bits per heavy atom. The zero-order valence-corrected chi connectivity index (χ0v) is 11.4. The number of amides is 2. The van der Waals surface area contributed by atoms with Gasteiger partial charge in [0, 0.05) is 29.8 Å². The molecule has 2 amide bonds. The molecule has 2 fully saturated rings. The third-order valence-electron chi connectivity index (χ3n) is 4.28. The largest absolute Gasteiger partial charge is 0.327 e. The van der Waals surface area contributed by atoms with E-state index >= 15 is 0 Å². The first kappa shape index (κ1) is 12.8. The van der Waals surface area contributed by atoms with Crippen LogP contribution in [0.5, 0.6) is 0 Å². The summed E-state index contributed by atoms with van der Waals surface area (Å²) in [5.74, 6) is 1.06. The molecule has 3 N–H and O–H groups in total. The van der Waals surface area contributed by atoms with Crippen molar-refractivity contribution in [3.05, 3.63) is 29.3 Å². The summed E-state index contributed by atoms with van der Waals surface area (Å²) in [6, 6.07) is 7.41. The van der Waals surface area contributed by atoms with Gasteiger partial charge in [0.2, 0.25) is 0 Å². The van der Waals surface area contributed by atoms with E-state index < -0.39 is 0 Å². The lowest BCUT2D eigenvalue weighted by Crippen LogP contribution is -2.36. The van der Waals surface area contributed by atoms with Crippen LogP contribution < -0.4 is 11.1 Å². The summed E-state index contributed by atoms with van der Waals surface area (Å²) in [5, 5.41) is 3.51. The Morgan fingerprint density at radius 3 is 2.95 bits per heavy atom. The molecule has 1 aromatic carbocycles. The van der Waals surface area contributed by atoms with E-state index in [0.29, 0.717) is 16.9 Å². The van der Waals surface area contributed by atoms with Crippen LogP contribution in [0.3, 0.4) is 0 Å². The Morgan fingerprint density at radius 2 is 2.21 bits per heavy atom. The molecule has 3 atom stereocenters. The van der Waals surface area contributed by atoms with Crippen molar-refractivity contribution < 1.29 is 4.79 Å². The monoisotopic (exact) mass is 279 g/mol. The molecule has 1 aromatic rings. The number of fused-ring (bicyclic) bond motifs is 1. The molecule has 0 radical (unpaired) electrons. The van der Waals surface area contributed by atoms with Crippen molar-refractivity contribution in [1.29, 1.82) is 0 Å². The molecular weight excluding hydrogens is 262 g/mol. The van der Waals surface area contributed by atoms with Crippen LogP contribution >= 0.6 is 11.6 Å². The standard InChI is InChI=1S/C14H18ClN3O/c15-10-2-1-3-11(6-10)17-14(19)18-7-9-4-5-13(16)12(9)8-18/h1-3,6,9,12-13H,4-5,7-8,16H2,(H,17,19). The minimum absolute atomic E-state index is 0.0520. The van der Waals surface area contributed by atoms with E-state index in [9.17, 15) is 4.79 Å². The maximum atomic E-state index is 12.2. The summed E-state index contributed by atoms with van der Waals surface area (Å²) < 4.78 is 0. The van der Waals surface area contributed by atoms with Crippen LogP contribution in [-0.2, 0) is 0 Å². The number of anilines is 1. The molecule has 1 saturated heterocycles. The molecule has 5 heteroatoms. The second-order valence-corrected chi connectivity index (χ2v) is 5.95. The zero-order chi connectivity index (χ0) is 13.4. The summed E-state index contributed by atoms with van der Waals surface area (Å²) >= 11 is 5.90. The van der Waals surface area contributed by atoms with E-state index in [1.165, 1.54) is 0 Å². The lowest BCUT2D eigenvalue weighted by Gasteiger charge is -2.19. The molecule has 102 valence electrons. The van der Waals surface area contributed by atoms with Crippen molar-refractivity contribution in [3.63, 3.8) is 0 Å². The summed E-state index contributed by atoms with van der Waals surface area (Å²) in [7, 11) is 0. The van der Waals surface area contributed by atoms with Crippen molar-refractivity contribution in [2.45, 2.75) is 18.9 Å². The number of urea groups is 1. The first-order valence-electron chi connectivity index (χ1n) is 6.70. The Hall–Kier alpha value is -1.26. The van der Waals surface area contributed by atoms with Gasteiger partial charge in [0.15, 0.2) is 0 Å². The second kappa shape index (κ2) is 5.02. The minimum Gasteiger partial charge on any atom is -0.327 e. The van der Waals surface area contributed by atoms with Gasteiger partial charge in [0.1, 0.15) is 0 Å². The molecule has 2 aliphatic rings. The molecule has 1 aliphatic heterocycles. The van der Waals surface area contributed by atoms with Gasteiger partial charge in [-0.2, -0.15) is 0 Å². The van der Waals surface area contributed by atoms with Gasteiger partial charge in [-0.15, -0.1) is 0 Å². The topological polar surface area (TPSA) is 58.4 Å². The van der Waals surface area contributed by atoms with Crippen LogP contribution in [0.4, 0.5) is 10.5 Å². The third kappa shape index (κ3) is 2.55. The van der Waals surface area contributed by atoms with Crippen molar-refractivity contribution >= 4 is 23.3 Å². The number of rotatable bonds is 1. The number of hydrogen-bond donors (Lipinski definition) is 2. The van der Waals surface area contributed by atoms with Gasteiger partial charge >= 0.3 is 6.03 Å². The smallest absolute Gasteiger partial charge is 0.321 e. The van der Waals surface area contributed by atoms with Gasteiger partial charge < -0.3 is 16.0 Å². The lowest BCUT2D eigenvalue weighted by molar-refractivity contribution is 0.218. The van der Waals surface area contributed by atoms with Gasteiger partial charge in [0.25, 0.3) is 0 Å². The molecule has 19 heavy (non-hydrogen) atoms. The van der Waals surface area contributed by atoms with E-state index in [-0.39, 0.29) is 12.1 Å². The number of nitrogens with two attached hydrogens (primary N) is 1. The maximum Gasteiger partial charge on any atom is 0.321 e. The number of halogens is 1. The molecule has 1 saturated carbocycles. The number of benzene rings is 1. The predicted molar refractivity (Wildman–Crippen MR) is 76.2 cm³/mol. The van der Waals surface area contributed by atoms with Crippen LogP contribution in [0.15, 0.2) is 24.3 Å². The molecule has 3 rings (SSSR count). The molecule has 0 spiro atoms. The van der Waals surface area contributed by atoms with Crippen LogP contribution in [0.25, 0.3) is 0 Å². The first-order chi connectivity index (χ1) is 9.13. The fraction of sp³-hybridized carbons (Fsp3) is 0.500. The Labute approximate surface area is 117 Å². The van der Waals surface area contributed by atoms with E-state index in [1.807, 2.05) is 17.0 Å². The number of carbonyl (C=O) groups is 1. The van der Waals surface area contributed by atoms with E-state index in [2.05, 4.69) is 5.32 Å². The molecule has 0 bridgehead atoms. The van der Waals surface area contributed by atoms with Crippen molar-refractivity contribution in [3.8, 4) is 0 Å². The highest BCUT2D eigenvalue weighted by atomic mass is 35.5. The summed E-state index contributed by atoms with van der Waals surface area (Å²) in [6.45, 7) is 1.60. The minimum atomic E-state index is -0.0520. The predicted octanol–water partition coefficient (Wildman–Crippen LogP) is 2.54. The van der Waals surface area contributed by atoms with Gasteiger partial charge in [-0.3, -0.25) is 0 Å². The summed E-state index contributed by atoms with van der Waals surface area (Å²) in [6.07, 6.45) is 2.24. The van der Waals surface area contributed by atoms with Crippen LogP contribution in [0.1, 0.15) is 12.8 Å². The highest BCUT2D eigenvalue weighted by Crippen LogP contribution is 2.37. The molecule has 4 nitrogen and oxygen atoms in total. The van der Waals surface area contributed by atoms with Crippen LogP contribution in [0, 0.1) is 11.8 Å². The Balaban J connectivity index is 1.63. The Kier molecular flexibility index (Phi) is 3.37. The fourth-order valence-electron chi connectivity index (χ4n) is 3.24. The third-order valence-corrected chi connectivity index (χ3v) is 4.51. The van der Waals surface area contributed by atoms with Gasteiger partial charge in [-0.1, -0.05) is 17.7 Å². The average Bonchev–Trinajstić information content (AvgIpc) is 2.92. The second-order valence-electron chi connectivity index (χ2n) is 5.51. The van der Waals surface area contributed by atoms with Crippen LogP contribution in [0.2, 0.25) is 5.02 Å². The number of hydrogen-bond acceptors (Lipinski definition) is 2. The molecular formula is C14H18ClN3O. The van der Waals surface area contributed by atoms with Crippen molar-refractivity contribution in [2.75, 3.05) is 18.4 Å². The quantitative estimate of drug-likeness (QED) is 0.830. The van der Waals surface area contributed by atoms with E-state index in [4.69, 9.17) is 17.3 Å². The number of likely N-dealkylation sites (tertiary alicyclic amines) is 1. The first-order valence-corrected chi connectivity index (χ1v) is 7.08. The van der Waals surface area contributed by atoms with E-state index in [1.54, 1.807) is 12.1 Å². The lowest BCUT2D eigenvalue weighted by atomic mass is 9.98. The fourth-order valence-corrected chi connectivity index (χ4v) is 3.43. The van der Waals surface area contributed by atoms with Gasteiger partial charge in [-0.25, -0.2) is 4.79 Å². The van der Waals surface area contributed by atoms with Crippen molar-refractivity contribution in [1.82, 2.24) is 4.90 Å². The Bertz CT molecular complexity index is 493. The normalized spacial score (nSPS) is 29.4. The van der Waals surface area contributed by atoms with Gasteiger partial charge in [0.05, 0.1) is 0 Å². The summed E-state index contributed by atoms with van der Waals surface area (Å²) in [5.41, 5.74) is 6.81. The average molecular weight is 280 g/mol. The highest BCUT2D eigenvalue weighted by Gasteiger charge is 2.42. The van der Waals surface area contributed by atoms with Crippen LogP contribution in [-0.4, -0.2) is 30.1 Å². The van der Waals surface area contributed by atoms with Gasteiger partial charge in [-0.05, 0) is 42.9 Å². The molecule has 1 aliphatic carbocycles. The van der Waals surface area contributed by atoms with Crippen molar-refractivity contribution in [2.24, 2.45) is 17.6 Å².